The molecule has 1 fully saturated rings. The van der Waals surface area contributed by atoms with E-state index in [-0.39, 0.29) is 0 Å². The van der Waals surface area contributed by atoms with Crippen LogP contribution in [-0.4, -0.2) is 6.04 Å². The third kappa shape index (κ3) is 2.50. The van der Waals surface area contributed by atoms with E-state index < -0.39 is 0 Å². The third-order valence-electron chi connectivity index (χ3n) is 3.16. The van der Waals surface area contributed by atoms with E-state index in [4.69, 9.17) is 0 Å². The maximum Gasteiger partial charge on any atom is 0.0342 e. The first-order valence-electron chi connectivity index (χ1n) is 5.66. The van der Waals surface area contributed by atoms with Crippen LogP contribution in [0.5, 0.6) is 0 Å². The van der Waals surface area contributed by atoms with E-state index in [1.54, 1.807) is 0 Å². The Morgan fingerprint density at radius 3 is 2.29 bits per heavy atom. The summed E-state index contributed by atoms with van der Waals surface area (Å²) in [5.74, 6) is 0.934. The molecule has 1 aliphatic carbocycles. The van der Waals surface area contributed by atoms with E-state index in [0.29, 0.717) is 6.04 Å². The largest absolute Gasteiger partial charge is 0.382 e. The van der Waals surface area contributed by atoms with Gasteiger partial charge in [-0.15, -0.1) is 0 Å². The molecule has 2 rings (SSSR count). The summed E-state index contributed by atoms with van der Waals surface area (Å²) in [6, 6.07) is 11.2. The number of anilines is 1. The van der Waals surface area contributed by atoms with Crippen LogP contribution in [0.2, 0.25) is 0 Å². The summed E-state index contributed by atoms with van der Waals surface area (Å²) < 4.78 is 0. The van der Waals surface area contributed by atoms with Crippen LogP contribution in [0.1, 0.15) is 32.6 Å². The lowest BCUT2D eigenvalue weighted by Gasteiger charge is -2.27. The van der Waals surface area contributed by atoms with Crippen molar-refractivity contribution in [3.8, 4) is 0 Å². The minimum Gasteiger partial charge on any atom is -0.382 e. The van der Waals surface area contributed by atoms with Crippen molar-refractivity contribution in [3.63, 3.8) is 0 Å². The molecule has 0 aromatic heterocycles. The predicted molar refractivity (Wildman–Crippen MR) is 61.5 cm³/mol. The summed E-state index contributed by atoms with van der Waals surface area (Å²) in [5.41, 5.74) is 1.27. The number of hydrogen-bond acceptors (Lipinski definition) is 1. The number of hydrogen-bond donors (Lipinski definition) is 1. The highest BCUT2D eigenvalue weighted by Crippen LogP contribution is 2.25. The minimum atomic E-state index is 0.702. The average molecular weight is 189 g/mol. The molecule has 0 heterocycles. The van der Waals surface area contributed by atoms with Gasteiger partial charge in [0.1, 0.15) is 0 Å². The van der Waals surface area contributed by atoms with Crippen LogP contribution in [-0.2, 0) is 0 Å². The molecule has 0 radical (unpaired) electrons. The first-order chi connectivity index (χ1) is 6.84. The number of para-hydroxylation sites is 1. The molecule has 14 heavy (non-hydrogen) atoms. The van der Waals surface area contributed by atoms with Gasteiger partial charge in [-0.1, -0.05) is 25.1 Å². The van der Waals surface area contributed by atoms with Crippen molar-refractivity contribution in [3.05, 3.63) is 30.3 Å². The Balaban J connectivity index is 1.87. The zero-order chi connectivity index (χ0) is 9.80. The molecule has 1 aromatic rings. The second-order valence-electron chi connectivity index (χ2n) is 4.47. The summed E-state index contributed by atoms with van der Waals surface area (Å²) in [5, 5.41) is 3.60. The highest BCUT2D eigenvalue weighted by Gasteiger charge is 2.17. The number of nitrogens with one attached hydrogen (secondary N) is 1. The van der Waals surface area contributed by atoms with Crippen LogP contribution in [0.3, 0.4) is 0 Å². The average Bonchev–Trinajstić information content (AvgIpc) is 2.23. The predicted octanol–water partition coefficient (Wildman–Crippen LogP) is 3.68. The van der Waals surface area contributed by atoms with Crippen molar-refractivity contribution >= 4 is 5.69 Å². The lowest BCUT2D eigenvalue weighted by atomic mass is 9.87. The quantitative estimate of drug-likeness (QED) is 0.748. The van der Waals surface area contributed by atoms with E-state index >= 15 is 0 Å². The van der Waals surface area contributed by atoms with Gasteiger partial charge in [-0.3, -0.25) is 0 Å². The monoisotopic (exact) mass is 189 g/mol. The highest BCUT2D eigenvalue weighted by atomic mass is 14.9. The number of benzene rings is 1. The Labute approximate surface area is 86.5 Å². The van der Waals surface area contributed by atoms with Crippen molar-refractivity contribution < 1.29 is 0 Å². The fraction of sp³-hybridized carbons (Fsp3) is 0.538. The van der Waals surface area contributed by atoms with Crippen molar-refractivity contribution in [1.82, 2.24) is 0 Å². The molecule has 0 aliphatic heterocycles. The molecular formula is C13H19N. The zero-order valence-electron chi connectivity index (χ0n) is 8.87. The van der Waals surface area contributed by atoms with Crippen LogP contribution in [0, 0.1) is 5.92 Å². The molecular weight excluding hydrogens is 170 g/mol. The Hall–Kier alpha value is -0.980. The van der Waals surface area contributed by atoms with E-state index in [9.17, 15) is 0 Å². The summed E-state index contributed by atoms with van der Waals surface area (Å²) in [6.45, 7) is 2.36. The maximum atomic E-state index is 3.60. The molecule has 1 nitrogen and oxygen atoms in total. The molecule has 1 N–H and O–H groups in total. The molecule has 0 atom stereocenters. The standard InChI is InChI=1S/C13H19N/c1-11-7-9-13(10-8-11)14-12-5-3-2-4-6-12/h2-6,11,13-14H,7-10H2,1H3/t11-,13-. The molecule has 76 valence electrons. The topological polar surface area (TPSA) is 12.0 Å². The maximum absolute atomic E-state index is 3.60. The molecule has 0 bridgehead atoms. The minimum absolute atomic E-state index is 0.702. The van der Waals surface area contributed by atoms with Gasteiger partial charge in [-0.05, 0) is 43.7 Å². The molecule has 0 saturated heterocycles. The van der Waals surface area contributed by atoms with Crippen LogP contribution in [0.25, 0.3) is 0 Å². The van der Waals surface area contributed by atoms with Gasteiger partial charge in [-0.25, -0.2) is 0 Å². The highest BCUT2D eigenvalue weighted by molar-refractivity contribution is 5.43. The second kappa shape index (κ2) is 4.50. The van der Waals surface area contributed by atoms with Gasteiger partial charge in [0, 0.05) is 11.7 Å². The zero-order valence-corrected chi connectivity index (χ0v) is 8.87. The lowest BCUT2D eigenvalue weighted by molar-refractivity contribution is 0.361. The molecule has 1 aromatic carbocycles. The van der Waals surface area contributed by atoms with Crippen molar-refractivity contribution in [2.75, 3.05) is 5.32 Å². The fourth-order valence-corrected chi connectivity index (χ4v) is 2.17. The molecule has 1 saturated carbocycles. The Bertz CT molecular complexity index is 260. The third-order valence-corrected chi connectivity index (χ3v) is 3.16. The smallest absolute Gasteiger partial charge is 0.0342 e. The van der Waals surface area contributed by atoms with E-state index in [1.165, 1.54) is 31.4 Å². The van der Waals surface area contributed by atoms with Crippen LogP contribution in [0.15, 0.2) is 30.3 Å². The first-order valence-corrected chi connectivity index (χ1v) is 5.66. The summed E-state index contributed by atoms with van der Waals surface area (Å²) in [6.07, 6.45) is 5.42. The van der Waals surface area contributed by atoms with Gasteiger partial charge in [0.2, 0.25) is 0 Å². The molecule has 1 heteroatoms. The van der Waals surface area contributed by atoms with Gasteiger partial charge in [0.15, 0.2) is 0 Å². The van der Waals surface area contributed by atoms with Gasteiger partial charge in [0.05, 0.1) is 0 Å². The van der Waals surface area contributed by atoms with Crippen LogP contribution in [0.4, 0.5) is 5.69 Å². The SMILES string of the molecule is C[C@H]1CC[C@H](Nc2ccccc2)CC1. The molecule has 0 spiro atoms. The normalized spacial score (nSPS) is 27.2. The van der Waals surface area contributed by atoms with Crippen molar-refractivity contribution in [1.29, 1.82) is 0 Å². The molecule has 0 amide bonds. The molecule has 1 aliphatic rings. The van der Waals surface area contributed by atoms with E-state index in [0.717, 1.165) is 5.92 Å². The first kappa shape index (κ1) is 9.57. The Morgan fingerprint density at radius 2 is 1.64 bits per heavy atom. The summed E-state index contributed by atoms with van der Waals surface area (Å²) in [7, 11) is 0. The van der Waals surface area contributed by atoms with Gasteiger partial charge < -0.3 is 5.32 Å². The Morgan fingerprint density at radius 1 is 1.00 bits per heavy atom. The van der Waals surface area contributed by atoms with Gasteiger partial charge in [0.25, 0.3) is 0 Å². The van der Waals surface area contributed by atoms with E-state index in [1.807, 2.05) is 0 Å². The van der Waals surface area contributed by atoms with Crippen LogP contribution >= 0.6 is 0 Å². The van der Waals surface area contributed by atoms with Gasteiger partial charge >= 0.3 is 0 Å². The lowest BCUT2D eigenvalue weighted by Crippen LogP contribution is -2.25. The van der Waals surface area contributed by atoms with Crippen LogP contribution < -0.4 is 5.32 Å². The second-order valence-corrected chi connectivity index (χ2v) is 4.47. The summed E-state index contributed by atoms with van der Waals surface area (Å²) >= 11 is 0. The Kier molecular flexibility index (Phi) is 3.07. The summed E-state index contributed by atoms with van der Waals surface area (Å²) in [4.78, 5) is 0. The fourth-order valence-electron chi connectivity index (χ4n) is 2.17. The van der Waals surface area contributed by atoms with Gasteiger partial charge in [-0.2, -0.15) is 0 Å². The number of rotatable bonds is 2. The molecule has 0 unspecified atom stereocenters. The van der Waals surface area contributed by atoms with E-state index in [2.05, 4.69) is 42.6 Å². The van der Waals surface area contributed by atoms with Crippen molar-refractivity contribution in [2.45, 2.75) is 38.6 Å². The van der Waals surface area contributed by atoms with Crippen molar-refractivity contribution in [2.24, 2.45) is 5.92 Å².